The highest BCUT2D eigenvalue weighted by molar-refractivity contribution is 6.30. The second-order valence-corrected chi connectivity index (χ2v) is 3.93. The maximum Gasteiger partial charge on any atom is 0.142 e. The summed E-state index contributed by atoms with van der Waals surface area (Å²) in [7, 11) is 1.75. The van der Waals surface area contributed by atoms with Gasteiger partial charge in [0.05, 0.1) is 11.2 Å². The van der Waals surface area contributed by atoms with Crippen LogP contribution in [-0.4, -0.2) is 14.9 Å². The summed E-state index contributed by atoms with van der Waals surface area (Å²) < 4.78 is 14.8. The van der Waals surface area contributed by atoms with Crippen LogP contribution >= 0.6 is 11.6 Å². The molecule has 0 amide bonds. The first kappa shape index (κ1) is 11.1. The first-order valence-corrected chi connectivity index (χ1v) is 5.07. The largest absolute Gasteiger partial charge is 0.384 e. The van der Waals surface area contributed by atoms with Crippen molar-refractivity contribution in [3.63, 3.8) is 0 Å². The van der Waals surface area contributed by atoms with E-state index >= 15 is 0 Å². The van der Waals surface area contributed by atoms with E-state index in [1.807, 2.05) is 0 Å². The molecule has 1 aromatic carbocycles. The number of nitrogens with zero attached hydrogens (tertiary/aromatic N) is 2. The maximum atomic E-state index is 13.2. The van der Waals surface area contributed by atoms with Crippen LogP contribution in [0.15, 0.2) is 30.6 Å². The predicted molar refractivity (Wildman–Crippen MR) is 58.7 cm³/mol. The molecule has 5 heteroatoms. The second kappa shape index (κ2) is 4.23. The molecule has 0 aliphatic heterocycles. The van der Waals surface area contributed by atoms with E-state index in [1.165, 1.54) is 18.3 Å². The van der Waals surface area contributed by atoms with Crippen molar-refractivity contribution in [1.82, 2.24) is 9.78 Å². The van der Waals surface area contributed by atoms with E-state index in [2.05, 4.69) is 5.10 Å². The highest BCUT2D eigenvalue weighted by Gasteiger charge is 2.13. The molecule has 1 heterocycles. The SMILES string of the molecule is Cn1cc(C(O)c2ccc(Cl)c(F)c2)cn1. The van der Waals surface area contributed by atoms with E-state index in [1.54, 1.807) is 24.0 Å². The number of hydrogen-bond donors (Lipinski definition) is 1. The molecule has 0 radical (unpaired) electrons. The van der Waals surface area contributed by atoms with Crippen molar-refractivity contribution in [2.45, 2.75) is 6.10 Å². The van der Waals surface area contributed by atoms with Crippen LogP contribution in [0.3, 0.4) is 0 Å². The zero-order valence-corrected chi connectivity index (χ0v) is 9.32. The summed E-state index contributed by atoms with van der Waals surface area (Å²) >= 11 is 5.56. The van der Waals surface area contributed by atoms with Gasteiger partial charge in [0.15, 0.2) is 0 Å². The molecule has 84 valence electrons. The molecule has 0 bridgehead atoms. The average Bonchev–Trinajstić information content (AvgIpc) is 2.68. The fraction of sp³-hybridized carbons (Fsp3) is 0.182. The molecule has 1 unspecified atom stereocenters. The molecule has 0 saturated carbocycles. The number of aromatic nitrogens is 2. The lowest BCUT2D eigenvalue weighted by molar-refractivity contribution is 0.219. The molecular weight excluding hydrogens is 231 g/mol. The van der Waals surface area contributed by atoms with Crippen LogP contribution in [0.5, 0.6) is 0 Å². The summed E-state index contributed by atoms with van der Waals surface area (Å²) in [5, 5.41) is 13.9. The minimum absolute atomic E-state index is 0.0436. The van der Waals surface area contributed by atoms with E-state index in [-0.39, 0.29) is 5.02 Å². The molecule has 2 aromatic rings. The van der Waals surface area contributed by atoms with Gasteiger partial charge in [0, 0.05) is 18.8 Å². The topological polar surface area (TPSA) is 38.0 Å². The van der Waals surface area contributed by atoms with Crippen LogP contribution in [0, 0.1) is 5.82 Å². The predicted octanol–water partition coefficient (Wildman–Crippen LogP) is 2.29. The van der Waals surface area contributed by atoms with Crippen LogP contribution in [0.1, 0.15) is 17.2 Å². The zero-order valence-electron chi connectivity index (χ0n) is 8.56. The molecule has 2 rings (SSSR count). The molecule has 3 nitrogen and oxygen atoms in total. The third kappa shape index (κ3) is 2.08. The summed E-state index contributed by atoms with van der Waals surface area (Å²) in [4.78, 5) is 0. The highest BCUT2D eigenvalue weighted by atomic mass is 35.5. The Labute approximate surface area is 97.1 Å². The third-order valence-electron chi connectivity index (χ3n) is 2.30. The monoisotopic (exact) mass is 240 g/mol. The van der Waals surface area contributed by atoms with Gasteiger partial charge >= 0.3 is 0 Å². The molecule has 1 N–H and O–H groups in total. The van der Waals surface area contributed by atoms with E-state index in [0.717, 1.165) is 0 Å². The average molecular weight is 241 g/mol. The Kier molecular flexibility index (Phi) is 2.94. The molecule has 0 aliphatic rings. The van der Waals surface area contributed by atoms with Gasteiger partial charge in [0.1, 0.15) is 11.9 Å². The smallest absolute Gasteiger partial charge is 0.142 e. The van der Waals surface area contributed by atoms with Crippen LogP contribution in [-0.2, 0) is 7.05 Å². The van der Waals surface area contributed by atoms with Crippen molar-refractivity contribution < 1.29 is 9.50 Å². The molecule has 1 aromatic heterocycles. The lowest BCUT2D eigenvalue weighted by Crippen LogP contribution is -1.99. The summed E-state index contributed by atoms with van der Waals surface area (Å²) in [5.74, 6) is -0.540. The molecule has 1 atom stereocenters. The van der Waals surface area contributed by atoms with Crippen LogP contribution in [0.25, 0.3) is 0 Å². The summed E-state index contributed by atoms with van der Waals surface area (Å²) in [6.45, 7) is 0. The Morgan fingerprint density at radius 2 is 2.19 bits per heavy atom. The van der Waals surface area contributed by atoms with Gasteiger partial charge < -0.3 is 5.11 Å². The Balaban J connectivity index is 2.33. The van der Waals surface area contributed by atoms with Crippen molar-refractivity contribution in [3.05, 3.63) is 52.6 Å². The molecular formula is C11H10ClFN2O. The van der Waals surface area contributed by atoms with Gasteiger partial charge in [-0.15, -0.1) is 0 Å². The number of benzene rings is 1. The molecule has 16 heavy (non-hydrogen) atoms. The normalized spacial score (nSPS) is 12.8. The Morgan fingerprint density at radius 1 is 1.44 bits per heavy atom. The minimum atomic E-state index is -0.888. The van der Waals surface area contributed by atoms with Gasteiger partial charge in [-0.1, -0.05) is 17.7 Å². The molecule has 0 spiro atoms. The van der Waals surface area contributed by atoms with Gasteiger partial charge in [0.2, 0.25) is 0 Å². The maximum absolute atomic E-state index is 13.2. The standard InChI is InChI=1S/C11H10ClFN2O/c1-15-6-8(5-14-15)11(16)7-2-3-9(12)10(13)4-7/h2-6,11,16H,1H3. The van der Waals surface area contributed by atoms with Gasteiger partial charge in [0.25, 0.3) is 0 Å². The molecule has 0 aliphatic carbocycles. The van der Waals surface area contributed by atoms with Crippen LogP contribution < -0.4 is 0 Å². The number of aryl methyl sites for hydroxylation is 1. The number of aliphatic hydroxyl groups excluding tert-OH is 1. The number of rotatable bonds is 2. The number of halogens is 2. The summed E-state index contributed by atoms with van der Waals surface area (Å²) in [5.41, 5.74) is 1.07. The fourth-order valence-electron chi connectivity index (χ4n) is 1.46. The van der Waals surface area contributed by atoms with Crippen molar-refractivity contribution in [2.24, 2.45) is 7.05 Å². The first-order chi connectivity index (χ1) is 7.58. The van der Waals surface area contributed by atoms with Gasteiger partial charge in [-0.2, -0.15) is 5.10 Å². The van der Waals surface area contributed by atoms with Crippen LogP contribution in [0.4, 0.5) is 4.39 Å². The van der Waals surface area contributed by atoms with E-state index in [9.17, 15) is 9.50 Å². The van der Waals surface area contributed by atoms with Crippen molar-refractivity contribution >= 4 is 11.6 Å². The Morgan fingerprint density at radius 3 is 2.75 bits per heavy atom. The van der Waals surface area contributed by atoms with Gasteiger partial charge in [-0.25, -0.2) is 4.39 Å². The van der Waals surface area contributed by atoms with Crippen molar-refractivity contribution in [3.8, 4) is 0 Å². The highest BCUT2D eigenvalue weighted by Crippen LogP contribution is 2.24. The van der Waals surface area contributed by atoms with E-state index < -0.39 is 11.9 Å². The minimum Gasteiger partial charge on any atom is -0.384 e. The molecule has 0 fully saturated rings. The molecule has 0 saturated heterocycles. The third-order valence-corrected chi connectivity index (χ3v) is 2.61. The second-order valence-electron chi connectivity index (χ2n) is 3.52. The van der Waals surface area contributed by atoms with Crippen molar-refractivity contribution in [2.75, 3.05) is 0 Å². The van der Waals surface area contributed by atoms with Gasteiger partial charge in [-0.05, 0) is 17.7 Å². The summed E-state index contributed by atoms with van der Waals surface area (Å²) in [6.07, 6.45) is 2.33. The number of hydrogen-bond acceptors (Lipinski definition) is 2. The lowest BCUT2D eigenvalue weighted by atomic mass is 10.0. The fourth-order valence-corrected chi connectivity index (χ4v) is 1.57. The Hall–Kier alpha value is -1.39. The number of aliphatic hydroxyl groups is 1. The quantitative estimate of drug-likeness (QED) is 0.875. The van der Waals surface area contributed by atoms with Crippen LogP contribution in [0.2, 0.25) is 5.02 Å². The van der Waals surface area contributed by atoms with E-state index in [4.69, 9.17) is 11.6 Å². The summed E-state index contributed by atoms with van der Waals surface area (Å²) in [6, 6.07) is 4.23. The lowest BCUT2D eigenvalue weighted by Gasteiger charge is -2.09. The first-order valence-electron chi connectivity index (χ1n) is 4.69. The zero-order chi connectivity index (χ0) is 11.7. The Bertz CT molecular complexity index is 512. The van der Waals surface area contributed by atoms with Gasteiger partial charge in [-0.3, -0.25) is 4.68 Å². The van der Waals surface area contributed by atoms with E-state index in [0.29, 0.717) is 11.1 Å². The van der Waals surface area contributed by atoms with Crippen molar-refractivity contribution in [1.29, 1.82) is 0 Å².